The normalized spacial score (nSPS) is 16.2. The van der Waals surface area contributed by atoms with Gasteiger partial charge in [0.15, 0.2) is 5.67 Å². The second-order valence-electron chi connectivity index (χ2n) is 9.42. The SMILES string of the molecule is CN(C)CCC(CCc1ccc(F)cc1)Nc1c(F)cc(SNC(=O)C2(F)CCCCC2)cc1F. The molecule has 0 heterocycles. The Morgan fingerprint density at radius 2 is 1.66 bits per heavy atom. The van der Waals surface area contributed by atoms with Crippen LogP contribution in [0.3, 0.4) is 0 Å². The van der Waals surface area contributed by atoms with Crippen LogP contribution in [0.1, 0.15) is 50.5 Å². The highest BCUT2D eigenvalue weighted by Gasteiger charge is 2.39. The molecular weight excluding hydrogens is 478 g/mol. The zero-order valence-corrected chi connectivity index (χ0v) is 21.0. The average Bonchev–Trinajstić information content (AvgIpc) is 2.82. The van der Waals surface area contributed by atoms with Crippen molar-refractivity contribution in [3.05, 3.63) is 59.4 Å². The lowest BCUT2D eigenvalue weighted by Gasteiger charge is -2.27. The second-order valence-corrected chi connectivity index (χ2v) is 10.3. The fourth-order valence-corrected chi connectivity index (χ4v) is 4.90. The third kappa shape index (κ3) is 8.14. The molecule has 0 saturated heterocycles. The largest absolute Gasteiger partial charge is 0.378 e. The third-order valence-electron chi connectivity index (χ3n) is 6.30. The molecule has 4 nitrogen and oxygen atoms in total. The molecule has 0 aromatic heterocycles. The van der Waals surface area contributed by atoms with Crippen molar-refractivity contribution in [3.63, 3.8) is 0 Å². The maximum absolute atomic E-state index is 14.9. The minimum absolute atomic E-state index is 0.148. The van der Waals surface area contributed by atoms with E-state index >= 15 is 0 Å². The van der Waals surface area contributed by atoms with Crippen molar-refractivity contribution < 1.29 is 22.4 Å². The zero-order valence-electron chi connectivity index (χ0n) is 20.2. The number of carbonyl (C=O) groups excluding carboxylic acids is 1. The first kappa shape index (κ1) is 27.3. The molecule has 1 atom stereocenters. The Bertz CT molecular complexity index is 958. The van der Waals surface area contributed by atoms with E-state index in [1.54, 1.807) is 12.1 Å². The van der Waals surface area contributed by atoms with Crippen molar-refractivity contribution in [2.45, 2.75) is 68.0 Å². The van der Waals surface area contributed by atoms with Gasteiger partial charge in [-0.15, -0.1) is 0 Å². The predicted molar refractivity (Wildman–Crippen MR) is 133 cm³/mol. The molecule has 192 valence electrons. The number of nitrogens with zero attached hydrogens (tertiary/aromatic N) is 1. The first-order chi connectivity index (χ1) is 16.7. The van der Waals surface area contributed by atoms with Crippen molar-refractivity contribution in [1.82, 2.24) is 9.62 Å². The highest BCUT2D eigenvalue weighted by Crippen LogP contribution is 2.33. The summed E-state index contributed by atoms with van der Waals surface area (Å²) >= 11 is 0.715. The first-order valence-electron chi connectivity index (χ1n) is 12.0. The van der Waals surface area contributed by atoms with Gasteiger partial charge in [0, 0.05) is 10.9 Å². The van der Waals surface area contributed by atoms with E-state index in [1.165, 1.54) is 12.1 Å². The van der Waals surface area contributed by atoms with Crippen molar-refractivity contribution >= 4 is 23.5 Å². The van der Waals surface area contributed by atoms with E-state index in [0.29, 0.717) is 44.1 Å². The van der Waals surface area contributed by atoms with Crippen LogP contribution in [0.4, 0.5) is 23.2 Å². The quantitative estimate of drug-likeness (QED) is 0.276. The molecule has 2 N–H and O–H groups in total. The molecule has 0 aliphatic heterocycles. The maximum atomic E-state index is 14.9. The standard InChI is InChI=1S/C26H33F4N3OS/c1-33(2)15-12-20(11-8-18-6-9-19(27)10-7-18)31-24-22(28)16-21(17-23(24)29)35-32-25(34)26(30)13-4-3-5-14-26/h6-7,9-10,16-17,20,31H,3-5,8,11-15H2,1-2H3,(H,32,34). The third-order valence-corrected chi connectivity index (χ3v) is 7.06. The van der Waals surface area contributed by atoms with E-state index in [1.807, 2.05) is 19.0 Å². The number of carbonyl (C=O) groups is 1. The first-order valence-corrected chi connectivity index (χ1v) is 12.8. The van der Waals surface area contributed by atoms with E-state index < -0.39 is 23.2 Å². The number of halogens is 4. The molecule has 1 aliphatic carbocycles. The summed E-state index contributed by atoms with van der Waals surface area (Å²) in [6.07, 6.45) is 4.40. The number of amides is 1. The Balaban J connectivity index is 1.64. The minimum Gasteiger partial charge on any atom is -0.378 e. The van der Waals surface area contributed by atoms with E-state index in [9.17, 15) is 22.4 Å². The van der Waals surface area contributed by atoms with Crippen molar-refractivity contribution in [2.24, 2.45) is 0 Å². The summed E-state index contributed by atoms with van der Waals surface area (Å²) in [5, 5.41) is 3.00. The topological polar surface area (TPSA) is 44.4 Å². The monoisotopic (exact) mass is 511 g/mol. The summed E-state index contributed by atoms with van der Waals surface area (Å²) in [5.41, 5.74) is -1.22. The molecule has 1 amide bonds. The fourth-order valence-electron chi connectivity index (χ4n) is 4.18. The Morgan fingerprint density at radius 1 is 1.03 bits per heavy atom. The number of aryl methyl sites for hydroxylation is 1. The van der Waals surface area contributed by atoms with Crippen LogP contribution in [0.5, 0.6) is 0 Å². The number of alkyl halides is 1. The molecule has 0 bridgehead atoms. The van der Waals surface area contributed by atoms with Crippen LogP contribution in [0.2, 0.25) is 0 Å². The predicted octanol–water partition coefficient (Wildman–Crippen LogP) is 6.26. The molecule has 1 unspecified atom stereocenters. The van der Waals surface area contributed by atoms with Crippen LogP contribution in [0, 0.1) is 17.5 Å². The smallest absolute Gasteiger partial charge is 0.267 e. The minimum atomic E-state index is -1.92. The Labute approximate surface area is 209 Å². The van der Waals surface area contributed by atoms with Gasteiger partial charge in [-0.25, -0.2) is 17.6 Å². The van der Waals surface area contributed by atoms with Crippen LogP contribution in [-0.4, -0.2) is 43.2 Å². The van der Waals surface area contributed by atoms with Gasteiger partial charge in [0.1, 0.15) is 23.1 Å². The molecule has 2 aromatic rings. The lowest BCUT2D eigenvalue weighted by molar-refractivity contribution is -0.132. The van der Waals surface area contributed by atoms with Crippen LogP contribution < -0.4 is 10.0 Å². The van der Waals surface area contributed by atoms with Crippen molar-refractivity contribution in [2.75, 3.05) is 26.0 Å². The van der Waals surface area contributed by atoms with Gasteiger partial charge in [0.2, 0.25) is 0 Å². The second kappa shape index (κ2) is 12.6. The van der Waals surface area contributed by atoms with Crippen LogP contribution in [0.25, 0.3) is 0 Å². The van der Waals surface area contributed by atoms with Crippen molar-refractivity contribution in [3.8, 4) is 0 Å². The number of rotatable bonds is 11. The number of nitrogens with one attached hydrogen (secondary N) is 2. The van der Waals surface area contributed by atoms with Gasteiger partial charge in [-0.1, -0.05) is 18.6 Å². The van der Waals surface area contributed by atoms with Gasteiger partial charge in [-0.05, 0) is 107 Å². The van der Waals surface area contributed by atoms with Crippen LogP contribution in [-0.2, 0) is 11.2 Å². The fraction of sp³-hybridized carbons (Fsp3) is 0.500. The molecule has 1 saturated carbocycles. The van der Waals surface area contributed by atoms with E-state index in [2.05, 4.69) is 10.0 Å². The molecule has 0 radical (unpaired) electrons. The highest BCUT2D eigenvalue weighted by molar-refractivity contribution is 7.98. The Kier molecular flexibility index (Phi) is 9.86. The van der Waals surface area contributed by atoms with Crippen LogP contribution >= 0.6 is 11.9 Å². The Hall–Kier alpha value is -2.26. The molecule has 0 spiro atoms. The zero-order chi connectivity index (χ0) is 25.4. The lowest BCUT2D eigenvalue weighted by Crippen LogP contribution is -2.42. The molecule has 35 heavy (non-hydrogen) atoms. The molecule has 9 heteroatoms. The van der Waals surface area contributed by atoms with E-state index in [-0.39, 0.29) is 35.3 Å². The summed E-state index contributed by atoms with van der Waals surface area (Å²) in [6.45, 7) is 0.718. The number of anilines is 1. The van der Waals surface area contributed by atoms with Gasteiger partial charge >= 0.3 is 0 Å². The summed E-state index contributed by atoms with van der Waals surface area (Å²) < 4.78 is 60.1. The maximum Gasteiger partial charge on any atom is 0.267 e. The molecule has 3 rings (SSSR count). The average molecular weight is 512 g/mol. The lowest BCUT2D eigenvalue weighted by atomic mass is 9.86. The molecular formula is C26H33F4N3OS. The summed E-state index contributed by atoms with van der Waals surface area (Å²) in [7, 11) is 3.85. The molecule has 1 aliphatic rings. The van der Waals surface area contributed by atoms with E-state index in [0.717, 1.165) is 30.7 Å². The molecule has 1 fully saturated rings. The molecule has 2 aromatic carbocycles. The van der Waals surface area contributed by atoms with Crippen molar-refractivity contribution in [1.29, 1.82) is 0 Å². The highest BCUT2D eigenvalue weighted by atomic mass is 32.2. The number of hydrogen-bond acceptors (Lipinski definition) is 4. The number of benzene rings is 2. The summed E-state index contributed by atoms with van der Waals surface area (Å²) in [4.78, 5) is 14.4. The summed E-state index contributed by atoms with van der Waals surface area (Å²) in [5.74, 6) is -2.64. The Morgan fingerprint density at radius 3 is 2.26 bits per heavy atom. The summed E-state index contributed by atoms with van der Waals surface area (Å²) in [6, 6.07) is 8.23. The number of hydrogen-bond donors (Lipinski definition) is 2. The van der Waals surface area contributed by atoms with Crippen LogP contribution in [0.15, 0.2) is 41.3 Å². The van der Waals surface area contributed by atoms with Gasteiger partial charge in [-0.3, -0.25) is 9.52 Å². The van der Waals surface area contributed by atoms with E-state index in [4.69, 9.17) is 0 Å². The van der Waals surface area contributed by atoms with Gasteiger partial charge in [-0.2, -0.15) is 0 Å². The van der Waals surface area contributed by atoms with Gasteiger partial charge in [0.05, 0.1) is 0 Å². The van der Waals surface area contributed by atoms with Gasteiger partial charge in [0.25, 0.3) is 5.91 Å². The van der Waals surface area contributed by atoms with Gasteiger partial charge < -0.3 is 10.2 Å².